The van der Waals surface area contributed by atoms with E-state index in [2.05, 4.69) is 25.6 Å². The zero-order chi connectivity index (χ0) is 22.9. The van der Waals surface area contributed by atoms with E-state index in [1.54, 1.807) is 18.2 Å². The second kappa shape index (κ2) is 9.13. The first kappa shape index (κ1) is 21.9. The minimum Gasteiger partial charge on any atom is -0.339 e. The number of anilines is 4. The van der Waals surface area contributed by atoms with Gasteiger partial charge in [0, 0.05) is 24.3 Å². The molecule has 1 aliphatic rings. The minimum absolute atomic E-state index is 0.0766. The Morgan fingerprint density at radius 1 is 0.970 bits per heavy atom. The van der Waals surface area contributed by atoms with Gasteiger partial charge in [-0.15, -0.1) is 0 Å². The van der Waals surface area contributed by atoms with Crippen LogP contribution in [0.5, 0.6) is 0 Å². The van der Waals surface area contributed by atoms with E-state index >= 15 is 0 Å². The van der Waals surface area contributed by atoms with Crippen molar-refractivity contribution in [3.63, 3.8) is 0 Å². The number of nitrogens with one attached hydrogen (secondary N) is 2. The molecule has 0 unspecified atom stereocenters. The van der Waals surface area contributed by atoms with Crippen molar-refractivity contribution in [1.82, 2.24) is 19.9 Å². The molecule has 1 amide bonds. The molecular weight excluding hydrogens is 479 g/mol. The van der Waals surface area contributed by atoms with Gasteiger partial charge in [0.15, 0.2) is 15.8 Å². The van der Waals surface area contributed by atoms with Gasteiger partial charge in [-0.05, 0) is 56.2 Å². The number of thiazole rings is 1. The van der Waals surface area contributed by atoms with Crippen LogP contribution in [-0.4, -0.2) is 38.8 Å². The fourth-order valence-corrected chi connectivity index (χ4v) is 5.11. The highest BCUT2D eigenvalue weighted by molar-refractivity contribution is 7.21. The topological polar surface area (TPSA) is 83.0 Å². The number of benzene rings is 2. The predicted octanol–water partition coefficient (Wildman–Crippen LogP) is 6.42. The third-order valence-electron chi connectivity index (χ3n) is 5.35. The minimum atomic E-state index is 0.0766. The van der Waals surface area contributed by atoms with Crippen LogP contribution in [0.25, 0.3) is 10.3 Å². The number of aryl methyl sites for hydroxylation is 1. The van der Waals surface area contributed by atoms with E-state index < -0.39 is 0 Å². The van der Waals surface area contributed by atoms with Crippen LogP contribution in [0.3, 0.4) is 0 Å². The van der Waals surface area contributed by atoms with E-state index in [4.69, 9.17) is 23.2 Å². The summed E-state index contributed by atoms with van der Waals surface area (Å²) in [7, 11) is 0. The average molecular weight is 499 g/mol. The van der Waals surface area contributed by atoms with Gasteiger partial charge < -0.3 is 15.5 Å². The van der Waals surface area contributed by atoms with Gasteiger partial charge >= 0.3 is 0 Å². The number of halogens is 2. The molecule has 0 bridgehead atoms. The number of nitrogens with zero attached hydrogens (tertiary/aromatic N) is 4. The Bertz CT molecular complexity index is 1310. The quantitative estimate of drug-likeness (QED) is 0.330. The average Bonchev–Trinajstić information content (AvgIpc) is 3.46. The Morgan fingerprint density at radius 3 is 2.36 bits per heavy atom. The summed E-state index contributed by atoms with van der Waals surface area (Å²) >= 11 is 14.0. The molecule has 0 spiro atoms. The molecule has 10 heteroatoms. The van der Waals surface area contributed by atoms with Crippen molar-refractivity contribution in [1.29, 1.82) is 0 Å². The molecule has 7 nitrogen and oxygen atoms in total. The van der Waals surface area contributed by atoms with Gasteiger partial charge in [-0.1, -0.05) is 40.6 Å². The van der Waals surface area contributed by atoms with Gasteiger partial charge in [-0.25, -0.2) is 15.0 Å². The summed E-state index contributed by atoms with van der Waals surface area (Å²) in [6.45, 7) is 3.49. The van der Waals surface area contributed by atoms with Crippen LogP contribution in [-0.2, 0) is 0 Å². The summed E-state index contributed by atoms with van der Waals surface area (Å²) in [5.74, 6) is 1.29. The van der Waals surface area contributed by atoms with Crippen molar-refractivity contribution >= 4 is 73.1 Å². The van der Waals surface area contributed by atoms with Gasteiger partial charge in [0.1, 0.15) is 11.3 Å². The highest BCUT2D eigenvalue weighted by Crippen LogP contribution is 2.36. The maximum Gasteiger partial charge on any atom is 0.253 e. The third kappa shape index (κ3) is 4.59. The molecule has 0 radical (unpaired) electrons. The van der Waals surface area contributed by atoms with Crippen LogP contribution in [0.1, 0.15) is 29.0 Å². The lowest BCUT2D eigenvalue weighted by Gasteiger charge is -2.15. The Kier molecular flexibility index (Phi) is 6.05. The Labute approximate surface area is 204 Å². The van der Waals surface area contributed by atoms with Crippen LogP contribution >= 0.6 is 34.5 Å². The van der Waals surface area contributed by atoms with Gasteiger partial charge in [0.2, 0.25) is 0 Å². The van der Waals surface area contributed by atoms with E-state index in [0.717, 1.165) is 36.4 Å². The molecule has 0 saturated carbocycles. The van der Waals surface area contributed by atoms with E-state index in [1.165, 1.54) is 11.3 Å². The van der Waals surface area contributed by atoms with Crippen molar-refractivity contribution in [2.24, 2.45) is 0 Å². The number of hydrogen-bond acceptors (Lipinski definition) is 7. The van der Waals surface area contributed by atoms with Gasteiger partial charge in [-0.3, -0.25) is 4.79 Å². The van der Waals surface area contributed by atoms with Crippen molar-refractivity contribution < 1.29 is 4.79 Å². The van der Waals surface area contributed by atoms with Crippen LogP contribution in [0, 0.1) is 6.92 Å². The maximum atomic E-state index is 12.6. The summed E-state index contributed by atoms with van der Waals surface area (Å²) in [6.07, 6.45) is 2.14. The van der Waals surface area contributed by atoms with Crippen LogP contribution < -0.4 is 10.6 Å². The largest absolute Gasteiger partial charge is 0.339 e. The molecule has 2 aromatic heterocycles. The van der Waals surface area contributed by atoms with E-state index in [0.29, 0.717) is 43.6 Å². The Hall–Kier alpha value is -2.94. The summed E-state index contributed by atoms with van der Waals surface area (Å²) in [6, 6.07) is 12.7. The van der Waals surface area contributed by atoms with Crippen molar-refractivity contribution in [3.05, 3.63) is 63.9 Å². The standard InChI is InChI=1S/C23H20Cl2N6OS/c1-13-26-20(28-15-9-7-14(8-10-15)22(32)31-11-2-3-12-31)19-21(27-13)33-23(30-19)29-18-16(24)5-4-6-17(18)25/h4-10H,2-3,11-12H2,1H3,(H,29,30)(H,26,27,28). The number of rotatable bonds is 5. The number of amides is 1. The fourth-order valence-electron chi connectivity index (χ4n) is 3.73. The molecule has 168 valence electrons. The monoisotopic (exact) mass is 498 g/mol. The van der Waals surface area contributed by atoms with Gasteiger partial charge in [0.25, 0.3) is 5.91 Å². The molecule has 2 aromatic carbocycles. The van der Waals surface area contributed by atoms with Crippen molar-refractivity contribution in [3.8, 4) is 0 Å². The smallest absolute Gasteiger partial charge is 0.253 e. The normalized spacial score (nSPS) is 13.5. The van der Waals surface area contributed by atoms with Crippen molar-refractivity contribution in [2.45, 2.75) is 19.8 Å². The lowest BCUT2D eigenvalue weighted by atomic mass is 10.2. The molecule has 0 aliphatic carbocycles. The maximum absolute atomic E-state index is 12.6. The highest BCUT2D eigenvalue weighted by atomic mass is 35.5. The second-order valence-electron chi connectivity index (χ2n) is 7.72. The molecule has 2 N–H and O–H groups in total. The SMILES string of the molecule is Cc1nc(Nc2ccc(C(=O)N3CCCC3)cc2)c2nc(Nc3c(Cl)cccc3Cl)sc2n1. The molecule has 5 rings (SSSR count). The Balaban J connectivity index is 1.40. The third-order valence-corrected chi connectivity index (χ3v) is 6.85. The predicted molar refractivity (Wildman–Crippen MR) is 135 cm³/mol. The lowest BCUT2D eigenvalue weighted by molar-refractivity contribution is 0.0793. The van der Waals surface area contributed by atoms with Crippen LogP contribution in [0.4, 0.5) is 22.3 Å². The van der Waals surface area contributed by atoms with Crippen molar-refractivity contribution in [2.75, 3.05) is 23.7 Å². The molecule has 1 fully saturated rings. The summed E-state index contributed by atoms with van der Waals surface area (Å²) in [4.78, 5) is 28.9. The zero-order valence-electron chi connectivity index (χ0n) is 17.7. The number of hydrogen-bond donors (Lipinski definition) is 2. The lowest BCUT2D eigenvalue weighted by Crippen LogP contribution is -2.27. The van der Waals surface area contributed by atoms with E-state index in [1.807, 2.05) is 36.1 Å². The number of fused-ring (bicyclic) bond motifs is 1. The van der Waals surface area contributed by atoms with Gasteiger partial charge in [0.05, 0.1) is 15.7 Å². The van der Waals surface area contributed by atoms with Crippen LogP contribution in [0.15, 0.2) is 42.5 Å². The molecule has 1 saturated heterocycles. The van der Waals surface area contributed by atoms with E-state index in [-0.39, 0.29) is 5.91 Å². The molecule has 33 heavy (non-hydrogen) atoms. The summed E-state index contributed by atoms with van der Waals surface area (Å²) in [5.41, 5.74) is 2.72. The fraction of sp³-hybridized carbons (Fsp3) is 0.217. The first-order valence-electron chi connectivity index (χ1n) is 10.5. The number of likely N-dealkylation sites (tertiary alicyclic amines) is 1. The first-order chi connectivity index (χ1) is 16.0. The first-order valence-corrected chi connectivity index (χ1v) is 12.1. The number of carbonyl (C=O) groups is 1. The highest BCUT2D eigenvalue weighted by Gasteiger charge is 2.19. The summed E-state index contributed by atoms with van der Waals surface area (Å²) < 4.78 is 0. The zero-order valence-corrected chi connectivity index (χ0v) is 20.1. The molecule has 4 aromatic rings. The van der Waals surface area contributed by atoms with E-state index in [9.17, 15) is 4.79 Å². The van der Waals surface area contributed by atoms with Gasteiger partial charge in [-0.2, -0.15) is 0 Å². The number of aromatic nitrogens is 3. The molecule has 1 aliphatic heterocycles. The second-order valence-corrected chi connectivity index (χ2v) is 9.51. The molecule has 3 heterocycles. The molecule has 0 atom stereocenters. The van der Waals surface area contributed by atoms with Crippen LogP contribution in [0.2, 0.25) is 10.0 Å². The summed E-state index contributed by atoms with van der Waals surface area (Å²) in [5, 5.41) is 8.12. The molecular formula is C23H20Cl2N6OS. The number of para-hydroxylation sites is 1. The Morgan fingerprint density at radius 2 is 1.67 bits per heavy atom. The number of carbonyl (C=O) groups excluding carboxylic acids is 1.